The second-order valence-electron chi connectivity index (χ2n) is 4.94. The van der Waals surface area contributed by atoms with E-state index in [4.69, 9.17) is 5.73 Å². The van der Waals surface area contributed by atoms with Gasteiger partial charge < -0.3 is 5.73 Å². The van der Waals surface area contributed by atoms with Crippen molar-refractivity contribution in [1.82, 2.24) is 20.0 Å². The van der Waals surface area contributed by atoms with Crippen LogP contribution >= 0.6 is 0 Å². The van der Waals surface area contributed by atoms with E-state index in [1.807, 2.05) is 31.6 Å². The van der Waals surface area contributed by atoms with Gasteiger partial charge in [-0.15, -0.1) is 0 Å². The average Bonchev–Trinajstić information content (AvgIpc) is 2.73. The molecule has 0 aliphatic rings. The molecule has 2 heterocycles. The maximum atomic E-state index is 6.31. The van der Waals surface area contributed by atoms with E-state index in [1.54, 1.807) is 0 Å². The molecule has 0 aromatic carbocycles. The molecule has 0 amide bonds. The van der Waals surface area contributed by atoms with Gasteiger partial charge >= 0.3 is 0 Å². The minimum Gasteiger partial charge on any atom is -0.324 e. The molecule has 2 rings (SSSR count). The molecular formula is C14H21N5. The van der Waals surface area contributed by atoms with Crippen molar-refractivity contribution in [3.05, 3.63) is 40.5 Å². The average molecular weight is 259 g/mol. The van der Waals surface area contributed by atoms with Gasteiger partial charge in [-0.2, -0.15) is 15.3 Å². The number of aromatic nitrogens is 4. The van der Waals surface area contributed by atoms with E-state index in [2.05, 4.69) is 28.3 Å². The minimum absolute atomic E-state index is 0.0747. The molecule has 0 saturated carbocycles. The van der Waals surface area contributed by atoms with Crippen LogP contribution in [-0.4, -0.2) is 20.0 Å². The number of aryl methyl sites for hydroxylation is 4. The quantitative estimate of drug-likeness (QED) is 0.906. The lowest BCUT2D eigenvalue weighted by atomic mass is 10.0. The SMILES string of the molecule is CCc1cc(CC(N)c2cc(C)nnc2C)n(C)n1. The predicted octanol–water partition coefficient (Wildman–Crippen LogP) is 1.63. The highest BCUT2D eigenvalue weighted by Gasteiger charge is 2.14. The van der Waals surface area contributed by atoms with Crippen molar-refractivity contribution in [3.8, 4) is 0 Å². The highest BCUT2D eigenvalue weighted by Crippen LogP contribution is 2.19. The van der Waals surface area contributed by atoms with Gasteiger partial charge in [0, 0.05) is 25.2 Å². The molecule has 1 unspecified atom stereocenters. The fourth-order valence-corrected chi connectivity index (χ4v) is 2.22. The highest BCUT2D eigenvalue weighted by atomic mass is 15.3. The van der Waals surface area contributed by atoms with E-state index in [1.165, 1.54) is 0 Å². The number of rotatable bonds is 4. The Hall–Kier alpha value is -1.75. The van der Waals surface area contributed by atoms with Gasteiger partial charge in [0.05, 0.1) is 17.1 Å². The van der Waals surface area contributed by atoms with Crippen molar-refractivity contribution in [2.45, 2.75) is 39.7 Å². The Morgan fingerprint density at radius 1 is 1.26 bits per heavy atom. The Labute approximate surface area is 113 Å². The molecule has 1 atom stereocenters. The molecule has 0 aliphatic heterocycles. The van der Waals surface area contributed by atoms with E-state index >= 15 is 0 Å². The van der Waals surface area contributed by atoms with E-state index in [9.17, 15) is 0 Å². The van der Waals surface area contributed by atoms with Gasteiger partial charge in [0.1, 0.15) is 0 Å². The predicted molar refractivity (Wildman–Crippen MR) is 74.7 cm³/mol. The van der Waals surface area contributed by atoms with Gasteiger partial charge in [-0.05, 0) is 38.0 Å². The summed E-state index contributed by atoms with van der Waals surface area (Å²) in [5.41, 5.74) is 11.4. The molecule has 19 heavy (non-hydrogen) atoms. The second-order valence-corrected chi connectivity index (χ2v) is 4.94. The summed E-state index contributed by atoms with van der Waals surface area (Å²) in [7, 11) is 1.96. The van der Waals surface area contributed by atoms with Crippen molar-refractivity contribution >= 4 is 0 Å². The van der Waals surface area contributed by atoms with E-state index in [0.717, 1.165) is 41.2 Å². The van der Waals surface area contributed by atoms with Crippen molar-refractivity contribution < 1.29 is 0 Å². The number of nitrogens with two attached hydrogens (primary N) is 1. The third kappa shape index (κ3) is 2.98. The first kappa shape index (κ1) is 13.7. The van der Waals surface area contributed by atoms with Gasteiger partial charge in [0.25, 0.3) is 0 Å². The van der Waals surface area contributed by atoms with Gasteiger partial charge in [-0.25, -0.2) is 0 Å². The zero-order valence-electron chi connectivity index (χ0n) is 12.0. The summed E-state index contributed by atoms with van der Waals surface area (Å²) in [4.78, 5) is 0. The lowest BCUT2D eigenvalue weighted by Crippen LogP contribution is -2.17. The molecule has 0 spiro atoms. The van der Waals surface area contributed by atoms with E-state index in [0.29, 0.717) is 0 Å². The zero-order chi connectivity index (χ0) is 14.0. The fourth-order valence-electron chi connectivity index (χ4n) is 2.22. The molecule has 2 aromatic heterocycles. The third-order valence-electron chi connectivity index (χ3n) is 3.36. The van der Waals surface area contributed by atoms with Crippen LogP contribution in [0.3, 0.4) is 0 Å². The van der Waals surface area contributed by atoms with Crippen LogP contribution in [0.2, 0.25) is 0 Å². The topological polar surface area (TPSA) is 69.6 Å². The molecule has 0 radical (unpaired) electrons. The maximum Gasteiger partial charge on any atom is 0.0648 e. The highest BCUT2D eigenvalue weighted by molar-refractivity contribution is 5.25. The molecule has 2 aromatic rings. The normalized spacial score (nSPS) is 12.7. The molecule has 2 N–H and O–H groups in total. The van der Waals surface area contributed by atoms with Crippen LogP contribution in [0.5, 0.6) is 0 Å². The smallest absolute Gasteiger partial charge is 0.0648 e. The zero-order valence-corrected chi connectivity index (χ0v) is 12.0. The number of hydrogen-bond acceptors (Lipinski definition) is 4. The molecule has 0 bridgehead atoms. The lowest BCUT2D eigenvalue weighted by molar-refractivity contribution is 0.631. The van der Waals surface area contributed by atoms with Crippen LogP contribution in [-0.2, 0) is 19.9 Å². The molecule has 0 aliphatic carbocycles. The van der Waals surface area contributed by atoms with Gasteiger partial charge in [-0.1, -0.05) is 6.92 Å². The monoisotopic (exact) mass is 259 g/mol. The first-order valence-corrected chi connectivity index (χ1v) is 6.59. The van der Waals surface area contributed by atoms with Gasteiger partial charge in [0.2, 0.25) is 0 Å². The lowest BCUT2D eigenvalue weighted by Gasteiger charge is -2.14. The number of nitrogens with zero attached hydrogens (tertiary/aromatic N) is 4. The van der Waals surface area contributed by atoms with Crippen molar-refractivity contribution in [2.75, 3.05) is 0 Å². The Morgan fingerprint density at radius 3 is 2.63 bits per heavy atom. The standard InChI is InChI=1S/C14H21N5/c1-5-11-7-12(19(4)18-11)8-14(15)13-6-9(2)16-17-10(13)3/h6-7,14H,5,8,15H2,1-4H3. The number of hydrogen-bond donors (Lipinski definition) is 1. The van der Waals surface area contributed by atoms with Gasteiger partial charge in [-0.3, -0.25) is 4.68 Å². The van der Waals surface area contributed by atoms with E-state index < -0.39 is 0 Å². The van der Waals surface area contributed by atoms with Crippen LogP contribution in [0, 0.1) is 13.8 Å². The fraction of sp³-hybridized carbons (Fsp3) is 0.500. The molecule has 5 nitrogen and oxygen atoms in total. The Balaban J connectivity index is 2.22. The summed E-state index contributed by atoms with van der Waals surface area (Å²) in [6, 6.07) is 4.06. The van der Waals surface area contributed by atoms with E-state index in [-0.39, 0.29) is 6.04 Å². The van der Waals surface area contributed by atoms with Crippen molar-refractivity contribution in [3.63, 3.8) is 0 Å². The molecule has 0 fully saturated rings. The third-order valence-corrected chi connectivity index (χ3v) is 3.36. The second kappa shape index (κ2) is 5.48. The summed E-state index contributed by atoms with van der Waals surface area (Å²) in [5.74, 6) is 0. The molecular weight excluding hydrogens is 238 g/mol. The summed E-state index contributed by atoms with van der Waals surface area (Å²) in [5, 5.41) is 12.6. The van der Waals surface area contributed by atoms with Gasteiger partial charge in [0.15, 0.2) is 0 Å². The van der Waals surface area contributed by atoms with Crippen LogP contribution in [0.4, 0.5) is 0 Å². The Bertz CT molecular complexity index is 573. The minimum atomic E-state index is -0.0747. The Morgan fingerprint density at radius 2 is 2.00 bits per heavy atom. The molecule has 102 valence electrons. The van der Waals surface area contributed by atoms with Crippen LogP contribution in [0.15, 0.2) is 12.1 Å². The largest absolute Gasteiger partial charge is 0.324 e. The molecule has 0 saturated heterocycles. The summed E-state index contributed by atoms with van der Waals surface area (Å²) in [6.07, 6.45) is 1.70. The first-order chi connectivity index (χ1) is 9.01. The maximum absolute atomic E-state index is 6.31. The summed E-state index contributed by atoms with van der Waals surface area (Å²) in [6.45, 7) is 5.98. The summed E-state index contributed by atoms with van der Waals surface area (Å²) >= 11 is 0. The van der Waals surface area contributed by atoms with Crippen LogP contribution in [0.25, 0.3) is 0 Å². The van der Waals surface area contributed by atoms with Crippen molar-refractivity contribution in [2.24, 2.45) is 12.8 Å². The van der Waals surface area contributed by atoms with Crippen LogP contribution in [0.1, 0.15) is 41.3 Å². The van der Waals surface area contributed by atoms with Crippen LogP contribution < -0.4 is 5.73 Å². The first-order valence-electron chi connectivity index (χ1n) is 6.59. The summed E-state index contributed by atoms with van der Waals surface area (Å²) < 4.78 is 1.91. The molecule has 5 heteroatoms. The van der Waals surface area contributed by atoms with Crippen molar-refractivity contribution in [1.29, 1.82) is 0 Å². The Kier molecular flexibility index (Phi) is 3.95.